The first-order chi connectivity index (χ1) is 10.3. The highest BCUT2D eigenvalue weighted by Crippen LogP contribution is 2.29. The van der Waals surface area contributed by atoms with E-state index in [1.165, 1.54) is 4.90 Å². The van der Waals surface area contributed by atoms with E-state index in [9.17, 15) is 4.79 Å². The summed E-state index contributed by atoms with van der Waals surface area (Å²) in [6.07, 6.45) is 2.55. The monoisotopic (exact) mass is 298 g/mol. The van der Waals surface area contributed by atoms with Gasteiger partial charge < -0.3 is 4.74 Å². The van der Waals surface area contributed by atoms with Crippen LogP contribution in [0.4, 0.5) is 0 Å². The highest BCUT2D eigenvalue weighted by Gasteiger charge is 2.19. The first-order valence-corrected chi connectivity index (χ1v) is 8.29. The minimum Gasteiger partial charge on any atom is -0.492 e. The van der Waals surface area contributed by atoms with E-state index in [2.05, 4.69) is 12.1 Å². The van der Waals surface area contributed by atoms with Crippen molar-refractivity contribution in [1.82, 2.24) is 0 Å². The molecule has 0 aliphatic heterocycles. The Hall–Kier alpha value is -1.74. The zero-order valence-corrected chi connectivity index (χ0v) is 12.7. The standard InChI is InChI=1S/C18H18O2S/c19-17-10-4-9-16-15(17)8-5-11-18(16)20-12-13-21-14-6-2-1-3-7-14/h1-3,5-8,11H,4,9-10,12-13H2. The zero-order valence-electron chi connectivity index (χ0n) is 11.9. The molecule has 0 bridgehead atoms. The molecule has 0 atom stereocenters. The van der Waals surface area contributed by atoms with E-state index in [0.29, 0.717) is 13.0 Å². The number of hydrogen-bond donors (Lipinski definition) is 0. The highest BCUT2D eigenvalue weighted by atomic mass is 32.2. The summed E-state index contributed by atoms with van der Waals surface area (Å²) in [6, 6.07) is 16.1. The molecule has 2 nitrogen and oxygen atoms in total. The molecule has 0 amide bonds. The molecule has 0 N–H and O–H groups in total. The molecule has 3 heteroatoms. The molecular formula is C18H18O2S. The second kappa shape index (κ2) is 6.81. The maximum absolute atomic E-state index is 11.9. The Morgan fingerprint density at radius 1 is 1.00 bits per heavy atom. The van der Waals surface area contributed by atoms with Crippen LogP contribution in [0.1, 0.15) is 28.8 Å². The van der Waals surface area contributed by atoms with Crippen LogP contribution in [-0.2, 0) is 6.42 Å². The van der Waals surface area contributed by atoms with Gasteiger partial charge in [-0.25, -0.2) is 0 Å². The lowest BCUT2D eigenvalue weighted by Gasteiger charge is -2.18. The SMILES string of the molecule is O=C1CCCc2c(OCCSc3ccccc3)cccc21. The third-order valence-corrected chi connectivity index (χ3v) is 4.59. The van der Waals surface area contributed by atoms with Crippen molar-refractivity contribution >= 4 is 17.5 Å². The lowest BCUT2D eigenvalue weighted by Crippen LogP contribution is -2.13. The van der Waals surface area contributed by atoms with Crippen LogP contribution in [0.25, 0.3) is 0 Å². The van der Waals surface area contributed by atoms with Gasteiger partial charge in [-0.05, 0) is 31.0 Å². The van der Waals surface area contributed by atoms with Crippen molar-refractivity contribution in [2.24, 2.45) is 0 Å². The van der Waals surface area contributed by atoms with Crippen LogP contribution in [0.5, 0.6) is 5.75 Å². The van der Waals surface area contributed by atoms with Gasteiger partial charge in [0.05, 0.1) is 6.61 Å². The molecule has 1 aliphatic carbocycles. The maximum Gasteiger partial charge on any atom is 0.163 e. The van der Waals surface area contributed by atoms with Crippen LogP contribution in [0.3, 0.4) is 0 Å². The fraction of sp³-hybridized carbons (Fsp3) is 0.278. The number of benzene rings is 2. The summed E-state index contributed by atoms with van der Waals surface area (Å²) >= 11 is 1.79. The smallest absolute Gasteiger partial charge is 0.163 e. The second-order valence-electron chi connectivity index (χ2n) is 5.07. The van der Waals surface area contributed by atoms with Crippen molar-refractivity contribution in [1.29, 1.82) is 0 Å². The van der Waals surface area contributed by atoms with Crippen LogP contribution in [-0.4, -0.2) is 18.1 Å². The van der Waals surface area contributed by atoms with Crippen molar-refractivity contribution in [3.8, 4) is 5.75 Å². The summed E-state index contributed by atoms with van der Waals surface area (Å²) in [6.45, 7) is 0.657. The fourth-order valence-corrected chi connectivity index (χ4v) is 3.36. The second-order valence-corrected chi connectivity index (χ2v) is 6.24. The predicted octanol–water partition coefficient (Wildman–Crippen LogP) is 4.38. The topological polar surface area (TPSA) is 26.3 Å². The Morgan fingerprint density at radius 3 is 2.71 bits per heavy atom. The Labute approximate surface area is 129 Å². The van der Waals surface area contributed by atoms with Gasteiger partial charge in [0.25, 0.3) is 0 Å². The lowest BCUT2D eigenvalue weighted by molar-refractivity contribution is 0.0971. The van der Waals surface area contributed by atoms with Crippen LogP contribution in [0, 0.1) is 0 Å². The minimum atomic E-state index is 0.250. The van der Waals surface area contributed by atoms with Crippen molar-refractivity contribution in [3.05, 3.63) is 59.7 Å². The molecule has 2 aromatic rings. The molecule has 108 valence electrons. The molecule has 0 unspecified atom stereocenters. The zero-order chi connectivity index (χ0) is 14.5. The van der Waals surface area contributed by atoms with E-state index >= 15 is 0 Å². The quantitative estimate of drug-likeness (QED) is 0.605. The Morgan fingerprint density at radius 2 is 1.86 bits per heavy atom. The van der Waals surface area contributed by atoms with E-state index in [4.69, 9.17) is 4.74 Å². The Kier molecular flexibility index (Phi) is 4.61. The van der Waals surface area contributed by atoms with Gasteiger partial charge in [-0.2, -0.15) is 0 Å². The molecule has 0 saturated heterocycles. The van der Waals surface area contributed by atoms with Crippen molar-refractivity contribution < 1.29 is 9.53 Å². The average Bonchev–Trinajstić information content (AvgIpc) is 2.53. The average molecular weight is 298 g/mol. The number of rotatable bonds is 5. The third kappa shape index (κ3) is 3.48. The summed E-state index contributed by atoms with van der Waals surface area (Å²) in [7, 11) is 0. The van der Waals surface area contributed by atoms with Crippen molar-refractivity contribution in [3.63, 3.8) is 0 Å². The summed E-state index contributed by atoms with van der Waals surface area (Å²) < 4.78 is 5.90. The van der Waals surface area contributed by atoms with E-state index in [1.54, 1.807) is 11.8 Å². The lowest BCUT2D eigenvalue weighted by atomic mass is 9.90. The van der Waals surface area contributed by atoms with Gasteiger partial charge in [0.1, 0.15) is 5.75 Å². The highest BCUT2D eigenvalue weighted by molar-refractivity contribution is 7.99. The van der Waals surface area contributed by atoms with Crippen LogP contribution >= 0.6 is 11.8 Å². The molecular weight excluding hydrogens is 280 g/mol. The van der Waals surface area contributed by atoms with E-state index in [-0.39, 0.29) is 5.78 Å². The van der Waals surface area contributed by atoms with Gasteiger partial charge >= 0.3 is 0 Å². The van der Waals surface area contributed by atoms with Crippen LogP contribution < -0.4 is 4.74 Å². The molecule has 0 saturated carbocycles. The molecule has 3 rings (SSSR count). The van der Waals surface area contributed by atoms with E-state index < -0.39 is 0 Å². The third-order valence-electron chi connectivity index (χ3n) is 3.62. The first-order valence-electron chi connectivity index (χ1n) is 7.30. The minimum absolute atomic E-state index is 0.250. The summed E-state index contributed by atoms with van der Waals surface area (Å²) in [5.74, 6) is 2.04. The molecule has 0 aromatic heterocycles. The number of carbonyl (C=O) groups is 1. The molecule has 0 radical (unpaired) electrons. The number of ether oxygens (including phenoxy) is 1. The summed E-state index contributed by atoms with van der Waals surface area (Å²) in [4.78, 5) is 13.1. The number of thioether (sulfide) groups is 1. The van der Waals surface area contributed by atoms with Crippen molar-refractivity contribution in [2.75, 3.05) is 12.4 Å². The molecule has 2 aromatic carbocycles. The van der Waals surface area contributed by atoms with Gasteiger partial charge in [-0.15, -0.1) is 11.8 Å². The number of Topliss-reactive ketones (excluding diaryl/α,β-unsaturated/α-hetero) is 1. The van der Waals surface area contributed by atoms with E-state index in [0.717, 1.165) is 35.5 Å². The Bertz CT molecular complexity index is 622. The molecule has 1 aliphatic rings. The van der Waals surface area contributed by atoms with Crippen LogP contribution in [0.15, 0.2) is 53.4 Å². The largest absolute Gasteiger partial charge is 0.492 e. The Balaban J connectivity index is 1.59. The molecule has 21 heavy (non-hydrogen) atoms. The number of fused-ring (bicyclic) bond motifs is 1. The van der Waals surface area contributed by atoms with Gasteiger partial charge in [0.15, 0.2) is 5.78 Å². The molecule has 0 spiro atoms. The predicted molar refractivity (Wildman–Crippen MR) is 86.4 cm³/mol. The van der Waals surface area contributed by atoms with Gasteiger partial charge in [-0.1, -0.05) is 30.3 Å². The summed E-state index contributed by atoms with van der Waals surface area (Å²) in [5, 5.41) is 0. The maximum atomic E-state index is 11.9. The normalized spacial score (nSPS) is 13.8. The number of ketones is 1. The molecule has 0 heterocycles. The van der Waals surface area contributed by atoms with Gasteiger partial charge in [0, 0.05) is 28.2 Å². The van der Waals surface area contributed by atoms with Crippen LogP contribution in [0.2, 0.25) is 0 Å². The van der Waals surface area contributed by atoms with Gasteiger partial charge in [-0.3, -0.25) is 4.79 Å². The van der Waals surface area contributed by atoms with E-state index in [1.807, 2.05) is 36.4 Å². The first kappa shape index (κ1) is 14.2. The summed E-state index contributed by atoms with van der Waals surface area (Å²) in [5.41, 5.74) is 1.95. The van der Waals surface area contributed by atoms with Crippen molar-refractivity contribution in [2.45, 2.75) is 24.2 Å². The number of hydrogen-bond acceptors (Lipinski definition) is 3. The number of carbonyl (C=O) groups excluding carboxylic acids is 1. The molecule has 0 fully saturated rings. The van der Waals surface area contributed by atoms with Gasteiger partial charge in [0.2, 0.25) is 0 Å². The fourth-order valence-electron chi connectivity index (χ4n) is 2.61.